The second-order valence-electron chi connectivity index (χ2n) is 6.11. The van der Waals surface area contributed by atoms with Gasteiger partial charge in [-0.1, -0.05) is 31.4 Å². The van der Waals surface area contributed by atoms with Crippen molar-refractivity contribution in [3.05, 3.63) is 64.2 Å². The maximum absolute atomic E-state index is 11.8. The van der Waals surface area contributed by atoms with E-state index in [-0.39, 0.29) is 11.4 Å². The molecule has 1 fully saturated rings. The van der Waals surface area contributed by atoms with Crippen LogP contribution in [0, 0.1) is 10.1 Å². The molecule has 0 aromatic heterocycles. The summed E-state index contributed by atoms with van der Waals surface area (Å²) in [5.41, 5.74) is 1.20. The van der Waals surface area contributed by atoms with Gasteiger partial charge in [-0.3, -0.25) is 10.1 Å². The Kier molecular flexibility index (Phi) is 5.28. The van der Waals surface area contributed by atoms with Gasteiger partial charge in [-0.15, -0.1) is 0 Å². The minimum absolute atomic E-state index is 0.0704. The Morgan fingerprint density at radius 3 is 1.92 bits per heavy atom. The first-order valence-electron chi connectivity index (χ1n) is 8.36. The fourth-order valence-electron chi connectivity index (χ4n) is 3.09. The lowest BCUT2D eigenvalue weighted by molar-refractivity contribution is -0.384. The first-order chi connectivity index (χ1) is 12.1. The van der Waals surface area contributed by atoms with Crippen LogP contribution in [0.4, 0.5) is 10.5 Å². The molecule has 1 aliphatic carbocycles. The zero-order valence-corrected chi connectivity index (χ0v) is 13.7. The molecule has 6 nitrogen and oxygen atoms in total. The van der Waals surface area contributed by atoms with Crippen LogP contribution in [0.5, 0.6) is 11.5 Å². The number of hydrogen-bond acceptors (Lipinski definition) is 5. The molecular formula is C19H19NO5. The van der Waals surface area contributed by atoms with Crippen LogP contribution in [-0.2, 0) is 0 Å². The summed E-state index contributed by atoms with van der Waals surface area (Å²) in [6.45, 7) is 0. The molecule has 2 aromatic rings. The van der Waals surface area contributed by atoms with Crippen LogP contribution in [0.15, 0.2) is 48.5 Å². The molecule has 0 radical (unpaired) electrons. The Hall–Kier alpha value is -2.89. The predicted molar refractivity (Wildman–Crippen MR) is 92.0 cm³/mol. The Balaban J connectivity index is 1.56. The van der Waals surface area contributed by atoms with Gasteiger partial charge < -0.3 is 9.47 Å². The highest BCUT2D eigenvalue weighted by Crippen LogP contribution is 2.33. The molecule has 0 heterocycles. The molecule has 0 amide bonds. The van der Waals surface area contributed by atoms with Crippen molar-refractivity contribution in [1.82, 2.24) is 0 Å². The standard InChI is InChI=1S/C19H19NO5/c21-19(25-18-12-8-16(9-13-18)20(22)23)24-17-10-6-15(7-11-17)14-4-2-1-3-5-14/h6-14H,1-5H2. The smallest absolute Gasteiger partial charge is 0.395 e. The third-order valence-corrected chi connectivity index (χ3v) is 4.41. The minimum Gasteiger partial charge on any atom is -0.395 e. The third kappa shape index (κ3) is 4.56. The second-order valence-corrected chi connectivity index (χ2v) is 6.11. The number of carbonyl (C=O) groups is 1. The summed E-state index contributed by atoms with van der Waals surface area (Å²) >= 11 is 0. The van der Waals surface area contributed by atoms with Crippen molar-refractivity contribution in [3.63, 3.8) is 0 Å². The number of nitrogens with zero attached hydrogens (tertiary/aromatic N) is 1. The number of rotatable bonds is 4. The van der Waals surface area contributed by atoms with Gasteiger partial charge in [0.05, 0.1) is 4.92 Å². The molecule has 0 aliphatic heterocycles. The topological polar surface area (TPSA) is 78.7 Å². The van der Waals surface area contributed by atoms with Crippen LogP contribution in [0.2, 0.25) is 0 Å². The second kappa shape index (κ2) is 7.79. The molecule has 0 atom stereocenters. The highest BCUT2D eigenvalue weighted by atomic mass is 16.7. The van der Waals surface area contributed by atoms with Crippen LogP contribution < -0.4 is 9.47 Å². The van der Waals surface area contributed by atoms with Gasteiger partial charge in [-0.25, -0.2) is 4.79 Å². The van der Waals surface area contributed by atoms with Crippen molar-refractivity contribution in [2.24, 2.45) is 0 Å². The molecule has 0 saturated heterocycles. The Morgan fingerprint density at radius 2 is 1.40 bits per heavy atom. The zero-order valence-electron chi connectivity index (χ0n) is 13.7. The molecule has 0 unspecified atom stereocenters. The third-order valence-electron chi connectivity index (χ3n) is 4.41. The Bertz CT molecular complexity index is 733. The lowest BCUT2D eigenvalue weighted by Gasteiger charge is -2.21. The van der Waals surface area contributed by atoms with Crippen molar-refractivity contribution in [2.75, 3.05) is 0 Å². The highest BCUT2D eigenvalue weighted by molar-refractivity contribution is 5.67. The summed E-state index contributed by atoms with van der Waals surface area (Å²) in [6, 6.07) is 12.7. The van der Waals surface area contributed by atoms with Gasteiger partial charge in [-0.2, -0.15) is 0 Å². The van der Waals surface area contributed by atoms with Crippen LogP contribution >= 0.6 is 0 Å². The lowest BCUT2D eigenvalue weighted by Crippen LogP contribution is -2.13. The van der Waals surface area contributed by atoms with Crippen LogP contribution in [0.3, 0.4) is 0 Å². The summed E-state index contributed by atoms with van der Waals surface area (Å²) in [6.07, 6.45) is 5.39. The molecule has 6 heteroatoms. The fraction of sp³-hybridized carbons (Fsp3) is 0.316. The number of ether oxygens (including phenoxy) is 2. The van der Waals surface area contributed by atoms with Crippen LogP contribution in [0.1, 0.15) is 43.6 Å². The summed E-state index contributed by atoms with van der Waals surface area (Å²) in [4.78, 5) is 21.9. The highest BCUT2D eigenvalue weighted by Gasteiger charge is 2.16. The minimum atomic E-state index is -0.876. The number of hydrogen-bond donors (Lipinski definition) is 0. The van der Waals surface area contributed by atoms with E-state index in [1.807, 2.05) is 12.1 Å². The van der Waals surface area contributed by atoms with Gasteiger partial charge in [0.2, 0.25) is 0 Å². The average Bonchev–Trinajstić information content (AvgIpc) is 2.63. The normalized spacial score (nSPS) is 14.7. The summed E-state index contributed by atoms with van der Waals surface area (Å²) < 4.78 is 10.2. The molecule has 0 bridgehead atoms. The Morgan fingerprint density at radius 1 is 0.880 bits per heavy atom. The van der Waals surface area contributed by atoms with E-state index >= 15 is 0 Å². The SMILES string of the molecule is O=C(Oc1ccc(C2CCCCC2)cc1)Oc1ccc([N+](=O)[O-])cc1. The largest absolute Gasteiger partial charge is 0.519 e. The zero-order chi connectivity index (χ0) is 17.6. The van der Waals surface area contributed by atoms with E-state index in [4.69, 9.17) is 9.47 Å². The van der Waals surface area contributed by atoms with E-state index in [0.29, 0.717) is 11.7 Å². The molecule has 0 N–H and O–H groups in total. The number of nitro groups is 1. The van der Waals surface area contributed by atoms with E-state index < -0.39 is 11.1 Å². The first kappa shape index (κ1) is 17.0. The summed E-state index contributed by atoms with van der Waals surface area (Å²) in [7, 11) is 0. The van der Waals surface area contributed by atoms with Crippen LogP contribution in [-0.4, -0.2) is 11.1 Å². The quantitative estimate of drug-likeness (QED) is 0.330. The molecule has 130 valence electrons. The number of nitro benzene ring substituents is 1. The van der Waals surface area contributed by atoms with Crippen molar-refractivity contribution < 1.29 is 19.2 Å². The van der Waals surface area contributed by atoms with E-state index in [2.05, 4.69) is 0 Å². The summed E-state index contributed by atoms with van der Waals surface area (Å²) in [5, 5.41) is 10.6. The van der Waals surface area contributed by atoms with Gasteiger partial charge >= 0.3 is 6.16 Å². The number of non-ortho nitro benzene ring substituents is 1. The van der Waals surface area contributed by atoms with E-state index in [9.17, 15) is 14.9 Å². The summed E-state index contributed by atoms with van der Waals surface area (Å²) in [5.74, 6) is 1.19. The van der Waals surface area contributed by atoms with Gasteiger partial charge in [0, 0.05) is 12.1 Å². The molecule has 3 rings (SSSR count). The van der Waals surface area contributed by atoms with Crippen molar-refractivity contribution in [2.45, 2.75) is 38.0 Å². The molecule has 25 heavy (non-hydrogen) atoms. The average molecular weight is 341 g/mol. The van der Waals surface area contributed by atoms with Crippen molar-refractivity contribution in [1.29, 1.82) is 0 Å². The van der Waals surface area contributed by atoms with E-state index in [0.717, 1.165) is 0 Å². The van der Waals surface area contributed by atoms with Gasteiger partial charge in [0.15, 0.2) is 0 Å². The van der Waals surface area contributed by atoms with Crippen LogP contribution in [0.25, 0.3) is 0 Å². The predicted octanol–water partition coefficient (Wildman–Crippen LogP) is 5.22. The molecule has 1 aliphatic rings. The van der Waals surface area contributed by atoms with E-state index in [1.165, 1.54) is 61.9 Å². The van der Waals surface area contributed by atoms with Gasteiger partial charge in [0.25, 0.3) is 5.69 Å². The van der Waals surface area contributed by atoms with Crippen molar-refractivity contribution in [3.8, 4) is 11.5 Å². The lowest BCUT2D eigenvalue weighted by atomic mass is 9.84. The number of carbonyl (C=O) groups excluding carboxylic acids is 1. The van der Waals surface area contributed by atoms with E-state index in [1.54, 1.807) is 12.1 Å². The molecule has 0 spiro atoms. The molecule has 2 aromatic carbocycles. The van der Waals surface area contributed by atoms with Gasteiger partial charge in [-0.05, 0) is 48.6 Å². The first-order valence-corrected chi connectivity index (χ1v) is 8.36. The monoisotopic (exact) mass is 341 g/mol. The maximum atomic E-state index is 11.8. The Labute approximate surface area is 145 Å². The van der Waals surface area contributed by atoms with Gasteiger partial charge in [0.1, 0.15) is 11.5 Å². The molecular weight excluding hydrogens is 322 g/mol. The maximum Gasteiger partial charge on any atom is 0.519 e. The molecule has 1 saturated carbocycles. The fourth-order valence-corrected chi connectivity index (χ4v) is 3.09. The van der Waals surface area contributed by atoms with Crippen molar-refractivity contribution >= 4 is 11.8 Å². The number of benzene rings is 2.